The quantitative estimate of drug-likeness (QED) is 0.0258. The molecule has 0 bridgehead atoms. The predicted octanol–water partition coefficient (Wildman–Crippen LogP) is 30.6. The molecule has 0 radical (unpaired) electrons. The Kier molecular flexibility index (Phi) is 78.3. The van der Waals surface area contributed by atoms with E-state index < -0.39 is 11.8 Å². The molecule has 7 rings (SSSR count). The van der Waals surface area contributed by atoms with Gasteiger partial charge in [-0.1, -0.05) is 326 Å². The van der Waals surface area contributed by atoms with E-state index in [2.05, 4.69) is 67.5 Å². The molecule has 105 heavy (non-hydrogen) atoms. The Labute approximate surface area is 649 Å². The van der Waals surface area contributed by atoms with Gasteiger partial charge >= 0.3 is 18.1 Å². The minimum atomic E-state index is -0.668. The van der Waals surface area contributed by atoms with Gasteiger partial charge in [0.15, 0.2) is 6.29 Å². The number of rotatable bonds is 24. The zero-order valence-electron chi connectivity index (χ0n) is 59.5. The number of esters is 2. The Bertz CT molecular complexity index is 2950. The van der Waals surface area contributed by atoms with E-state index in [4.69, 9.17) is 38.6 Å². The zero-order chi connectivity index (χ0) is 69.3. The lowest BCUT2D eigenvalue weighted by Crippen LogP contribution is -2.25. The van der Waals surface area contributed by atoms with Crippen LogP contribution in [0.15, 0.2) is 188 Å². The van der Waals surface area contributed by atoms with E-state index in [1.807, 2.05) is 200 Å². The van der Waals surface area contributed by atoms with Crippen LogP contribution in [-0.4, -0.2) is 40.2 Å². The summed E-state index contributed by atoms with van der Waals surface area (Å²) in [6, 6.07) is 60.7. The minimum Gasteiger partial charge on any atom is -0.508 e. The number of aromatic hydroxyl groups is 2. The van der Waals surface area contributed by atoms with Gasteiger partial charge in [-0.3, -0.25) is 9.59 Å². The normalized spacial score (nSPS) is 12.0. The summed E-state index contributed by atoms with van der Waals surface area (Å²) in [4.78, 5) is 34.8. The smallest absolute Gasteiger partial charge is 0.508 e. The van der Waals surface area contributed by atoms with Crippen LogP contribution in [0, 0.1) is 11.8 Å². The Morgan fingerprint density at radius 2 is 0.657 bits per heavy atom. The fraction of sp³-hybridized carbons (Fsp3) is 0.521. The third-order valence-electron chi connectivity index (χ3n) is 16.1. The van der Waals surface area contributed by atoms with E-state index in [1.54, 1.807) is 45.0 Å². The van der Waals surface area contributed by atoms with Gasteiger partial charge in [0.1, 0.15) is 40.8 Å². The molecule has 9 atom stereocenters. The van der Waals surface area contributed by atoms with Crippen molar-refractivity contribution in [2.24, 2.45) is 11.8 Å². The van der Waals surface area contributed by atoms with Crippen LogP contribution in [0.1, 0.15) is 340 Å². The highest BCUT2D eigenvalue weighted by Gasteiger charge is 2.21. The number of ether oxygens (including phenoxy) is 6. The molecule has 9 unspecified atom stereocenters. The van der Waals surface area contributed by atoms with E-state index >= 15 is 0 Å². The van der Waals surface area contributed by atoms with E-state index in [9.17, 15) is 14.4 Å². The van der Waals surface area contributed by atoms with Crippen molar-refractivity contribution in [1.29, 1.82) is 0 Å². The maximum Gasteiger partial charge on any atom is 0.514 e. The molecule has 604 valence electrons. The summed E-state index contributed by atoms with van der Waals surface area (Å²) in [6.07, 6.45) is 6.59. The van der Waals surface area contributed by atoms with E-state index in [-0.39, 0.29) is 131 Å². The van der Waals surface area contributed by atoms with Gasteiger partial charge in [0.05, 0.1) is 18.4 Å². The van der Waals surface area contributed by atoms with Crippen molar-refractivity contribution >= 4 is 18.1 Å². The molecule has 0 amide bonds. The second-order valence-electron chi connectivity index (χ2n) is 24.7. The molecule has 0 aromatic heterocycles. The molecule has 2 N–H and O–H groups in total. The molecule has 7 aromatic carbocycles. The summed E-state index contributed by atoms with van der Waals surface area (Å²) >= 11 is 0. The van der Waals surface area contributed by atoms with Crippen LogP contribution < -0.4 is 9.47 Å². The third-order valence-corrected chi connectivity index (χ3v) is 16.1. The molecule has 11 nitrogen and oxygen atoms in total. The van der Waals surface area contributed by atoms with Gasteiger partial charge in [-0.05, 0) is 190 Å². The molecule has 7 aromatic rings. The Hall–Kier alpha value is -7.89. The number of phenolic OH excluding ortho intramolecular Hbond substituents is 2. The number of phenols is 2. The van der Waals surface area contributed by atoms with E-state index in [1.165, 1.54) is 22.3 Å². The largest absolute Gasteiger partial charge is 0.514 e. The first kappa shape index (κ1) is 121. The van der Waals surface area contributed by atoms with Crippen molar-refractivity contribution in [3.05, 3.63) is 227 Å². The standard InChI is InChI=1S/C19H24O2.C15H22O3.2C14H20O2.2C10H14O.12CH4/c1-4-15(2)18-10-12-19(13-11-18)21-16(3)20-14-17-8-6-5-7-9-17;1-6-11(2)12-7-9-13(10-8-12)17-14(16)18-15(3,4)5;2*1-4-11(3)14(15)16-13(5-2)12-9-7-6-8-10-12;2*1-3-8(2)9-5-4-6-10(11)7-9;;;;;;;;;;;;/h5-13,15-16H,4,14H2,1-3H3;7-11H,6H2,1-5H3;2*6-11,13H,4-5H2,1-3H3;2*4-8,11H,3H2,1-2H3;12*1H4. The summed E-state index contributed by atoms with van der Waals surface area (Å²) in [7, 11) is 0. The van der Waals surface area contributed by atoms with Gasteiger partial charge in [-0.2, -0.15) is 0 Å². The van der Waals surface area contributed by atoms with Crippen LogP contribution in [0.2, 0.25) is 0 Å². The lowest BCUT2D eigenvalue weighted by atomic mass is 9.99. The van der Waals surface area contributed by atoms with Crippen LogP contribution in [0.4, 0.5) is 4.79 Å². The number of benzene rings is 7. The predicted molar refractivity (Wildman–Crippen MR) is 463 cm³/mol. The molecule has 11 heteroatoms. The van der Waals surface area contributed by atoms with Crippen LogP contribution in [0.25, 0.3) is 0 Å². The molecule has 0 saturated carbocycles. The van der Waals surface area contributed by atoms with Crippen molar-refractivity contribution in [1.82, 2.24) is 0 Å². The summed E-state index contributed by atoms with van der Waals surface area (Å²) < 4.78 is 32.7. The maximum absolute atomic E-state index is 11.7. The van der Waals surface area contributed by atoms with Crippen LogP contribution >= 0.6 is 0 Å². The Balaban J connectivity index is -0.000000111. The topological polar surface area (TPSA) is 147 Å². The highest BCUT2D eigenvalue weighted by Crippen LogP contribution is 2.28. The molecule has 0 saturated heterocycles. The maximum atomic E-state index is 11.7. The van der Waals surface area contributed by atoms with Gasteiger partial charge in [0.25, 0.3) is 0 Å². The fourth-order valence-corrected chi connectivity index (χ4v) is 8.68. The summed E-state index contributed by atoms with van der Waals surface area (Å²) in [5, 5.41) is 18.3. The molecular weight excluding hydrogens is 1310 g/mol. The highest BCUT2D eigenvalue weighted by atomic mass is 16.7. The van der Waals surface area contributed by atoms with Crippen LogP contribution in [0.5, 0.6) is 23.0 Å². The molecule has 0 aliphatic heterocycles. The average molecular weight is 1470 g/mol. The number of carbonyl (C=O) groups is 3. The van der Waals surface area contributed by atoms with Crippen molar-refractivity contribution in [2.75, 3.05) is 0 Å². The first-order valence-corrected chi connectivity index (χ1v) is 33.9. The Morgan fingerprint density at radius 1 is 0.352 bits per heavy atom. The Morgan fingerprint density at radius 3 is 0.952 bits per heavy atom. The van der Waals surface area contributed by atoms with E-state index in [0.29, 0.717) is 47.5 Å². The lowest BCUT2D eigenvalue weighted by molar-refractivity contribution is -0.155. The molecule has 0 fully saturated rings. The molecular formula is C94H162O11. The lowest BCUT2D eigenvalue weighted by Gasteiger charge is -2.18. The van der Waals surface area contributed by atoms with Gasteiger partial charge < -0.3 is 38.6 Å². The first-order valence-electron chi connectivity index (χ1n) is 33.9. The molecule has 0 aliphatic carbocycles. The minimum absolute atomic E-state index is 0. The van der Waals surface area contributed by atoms with Crippen LogP contribution in [0.3, 0.4) is 0 Å². The van der Waals surface area contributed by atoms with Crippen molar-refractivity contribution in [3.63, 3.8) is 0 Å². The summed E-state index contributed by atoms with van der Waals surface area (Å²) in [5.74, 6) is 4.05. The average Bonchev–Trinajstić information content (AvgIpc) is 0.901. The van der Waals surface area contributed by atoms with Crippen molar-refractivity contribution in [3.8, 4) is 23.0 Å². The monoisotopic (exact) mass is 1470 g/mol. The second kappa shape index (κ2) is 68.0. The summed E-state index contributed by atoms with van der Waals surface area (Å²) in [5.41, 5.74) is 7.79. The van der Waals surface area contributed by atoms with Gasteiger partial charge in [-0.25, -0.2) is 4.79 Å². The zero-order valence-corrected chi connectivity index (χ0v) is 59.5. The highest BCUT2D eigenvalue weighted by molar-refractivity contribution is 5.72. The van der Waals surface area contributed by atoms with Gasteiger partial charge in [0, 0.05) is 0 Å². The summed E-state index contributed by atoms with van der Waals surface area (Å²) in [6.45, 7) is 37.1. The van der Waals surface area contributed by atoms with Crippen molar-refractivity contribution < 1.29 is 53.0 Å². The van der Waals surface area contributed by atoms with Crippen LogP contribution in [-0.2, 0) is 35.1 Å². The fourth-order valence-electron chi connectivity index (χ4n) is 8.68. The van der Waals surface area contributed by atoms with Gasteiger partial charge in [0.2, 0.25) is 0 Å². The number of carbonyl (C=O) groups excluding carboxylic acids is 3. The number of hydrogen-bond donors (Lipinski definition) is 2. The molecule has 0 heterocycles. The second-order valence-corrected chi connectivity index (χ2v) is 24.7. The van der Waals surface area contributed by atoms with Crippen molar-refractivity contribution in [2.45, 2.75) is 319 Å². The molecule has 0 aliphatic rings. The SMILES string of the molecule is C.C.C.C.C.C.C.C.C.C.C.C.CCC(C)C(=O)OC(CC)c1ccccc1.CCC(C)C(=O)OC(CC)c1ccccc1.CCC(C)c1ccc(OC(=O)OC(C)(C)C)cc1.CCC(C)c1ccc(OC(C)OCc2ccccc2)cc1.CCC(C)c1cccc(O)c1.CCC(C)c1cccc(O)c1. The number of hydrogen-bond acceptors (Lipinski definition) is 11. The van der Waals surface area contributed by atoms with E-state index in [0.717, 1.165) is 73.8 Å². The molecule has 0 spiro atoms. The first-order chi connectivity index (χ1) is 44.3. The third kappa shape index (κ3) is 50.3. The van der Waals surface area contributed by atoms with Gasteiger partial charge in [-0.15, -0.1) is 0 Å².